The third-order valence-electron chi connectivity index (χ3n) is 4.12. The number of aromatic hydroxyl groups is 1. The Morgan fingerprint density at radius 3 is 2.56 bits per heavy atom. The van der Waals surface area contributed by atoms with Crippen molar-refractivity contribution in [1.82, 2.24) is 0 Å². The molecular weight excluding hydrogens is 384 g/mol. The lowest BCUT2D eigenvalue weighted by Gasteiger charge is -2.09. The van der Waals surface area contributed by atoms with Crippen LogP contribution in [0.2, 0.25) is 0 Å². The van der Waals surface area contributed by atoms with Gasteiger partial charge in [-0.1, -0.05) is 40.2 Å². The summed E-state index contributed by atoms with van der Waals surface area (Å²) < 4.78 is 11.1. The predicted molar refractivity (Wildman–Crippen MR) is 103 cm³/mol. The lowest BCUT2D eigenvalue weighted by Crippen LogP contribution is -2.01. The molecule has 0 atom stereocenters. The first-order chi connectivity index (χ1) is 12.1. The molecule has 0 fully saturated rings. The third-order valence-corrected chi connectivity index (χ3v) is 4.68. The molecule has 0 amide bonds. The summed E-state index contributed by atoms with van der Waals surface area (Å²) >= 11 is 3.44. The van der Waals surface area contributed by atoms with Crippen LogP contribution >= 0.6 is 15.9 Å². The van der Waals surface area contributed by atoms with Crippen molar-refractivity contribution >= 4 is 26.9 Å². The van der Waals surface area contributed by atoms with Crippen LogP contribution in [0.5, 0.6) is 11.5 Å². The van der Waals surface area contributed by atoms with Crippen LogP contribution in [0.4, 0.5) is 0 Å². The number of fused-ring (bicyclic) bond motifs is 1. The van der Waals surface area contributed by atoms with Gasteiger partial charge in [-0.3, -0.25) is 4.79 Å². The van der Waals surface area contributed by atoms with E-state index < -0.39 is 0 Å². The van der Waals surface area contributed by atoms with Crippen LogP contribution in [0.3, 0.4) is 0 Å². The van der Waals surface area contributed by atoms with E-state index >= 15 is 0 Å². The normalized spacial score (nSPS) is 11.0. The predicted octanol–water partition coefficient (Wildman–Crippen LogP) is 4.89. The highest BCUT2D eigenvalue weighted by molar-refractivity contribution is 9.09. The first-order valence-electron chi connectivity index (χ1n) is 8.13. The van der Waals surface area contributed by atoms with E-state index in [0.717, 1.165) is 30.2 Å². The van der Waals surface area contributed by atoms with E-state index in [1.807, 2.05) is 24.3 Å². The van der Waals surface area contributed by atoms with Gasteiger partial charge in [-0.15, -0.1) is 0 Å². The number of unbranched alkanes of at least 4 members (excludes halogenated alkanes) is 1. The number of hydrogen-bond donors (Lipinski definition) is 1. The van der Waals surface area contributed by atoms with Crippen LogP contribution in [-0.4, -0.2) is 17.5 Å². The Morgan fingerprint density at radius 1 is 1.12 bits per heavy atom. The summed E-state index contributed by atoms with van der Waals surface area (Å²) in [5, 5.41) is 11.3. The first kappa shape index (κ1) is 17.5. The molecule has 2 aromatic carbocycles. The van der Waals surface area contributed by atoms with Crippen LogP contribution in [0.15, 0.2) is 51.7 Å². The van der Waals surface area contributed by atoms with Gasteiger partial charge in [-0.2, -0.15) is 0 Å². The molecule has 0 aliphatic carbocycles. The number of halogens is 1. The molecular formula is C20H19BrO4. The average Bonchev–Trinajstić information content (AvgIpc) is 2.62. The summed E-state index contributed by atoms with van der Waals surface area (Å²) in [4.78, 5) is 12.4. The number of phenols is 1. The molecule has 0 spiro atoms. The van der Waals surface area contributed by atoms with Crippen molar-refractivity contribution in [3.05, 3.63) is 58.3 Å². The Morgan fingerprint density at radius 2 is 1.88 bits per heavy atom. The minimum absolute atomic E-state index is 0.0579. The van der Waals surface area contributed by atoms with Gasteiger partial charge in [0.15, 0.2) is 16.8 Å². The van der Waals surface area contributed by atoms with Gasteiger partial charge >= 0.3 is 0 Å². The van der Waals surface area contributed by atoms with E-state index in [1.54, 1.807) is 0 Å². The molecule has 5 heteroatoms. The minimum Gasteiger partial charge on any atom is -0.504 e. The Kier molecular flexibility index (Phi) is 5.43. The summed E-state index contributed by atoms with van der Waals surface area (Å²) in [6.07, 6.45) is 3.30. The Hall–Kier alpha value is -2.27. The fraction of sp³-hybridized carbons (Fsp3) is 0.250. The number of ether oxygens (including phenoxy) is 1. The van der Waals surface area contributed by atoms with Crippen LogP contribution < -0.4 is 10.2 Å². The molecule has 0 aliphatic rings. The molecule has 1 heterocycles. The lowest BCUT2D eigenvalue weighted by molar-refractivity contribution is 0.371. The summed E-state index contributed by atoms with van der Waals surface area (Å²) in [7, 11) is 1.43. The van der Waals surface area contributed by atoms with Crippen molar-refractivity contribution in [2.24, 2.45) is 0 Å². The van der Waals surface area contributed by atoms with Crippen LogP contribution in [-0.2, 0) is 6.42 Å². The monoisotopic (exact) mass is 402 g/mol. The van der Waals surface area contributed by atoms with E-state index in [-0.39, 0.29) is 22.5 Å². The lowest BCUT2D eigenvalue weighted by atomic mass is 10.0. The number of rotatable bonds is 6. The van der Waals surface area contributed by atoms with Gasteiger partial charge in [-0.05, 0) is 37.0 Å². The standard InChI is InChI=1S/C20H19BrO4/c1-24-20-16(22)10-9-15-17(23)12-18(25-19(15)20)14-7-5-13(6-8-14)4-2-3-11-21/h5-10,12,22H,2-4,11H2,1H3. The fourth-order valence-corrected chi connectivity index (χ4v) is 3.18. The zero-order valence-corrected chi connectivity index (χ0v) is 15.5. The smallest absolute Gasteiger partial charge is 0.204 e. The largest absolute Gasteiger partial charge is 0.504 e. The van der Waals surface area contributed by atoms with Crippen molar-refractivity contribution in [3.8, 4) is 22.8 Å². The summed E-state index contributed by atoms with van der Waals surface area (Å²) in [5.41, 5.74) is 2.15. The Labute approximate surface area is 154 Å². The molecule has 1 N–H and O–H groups in total. The number of phenolic OH excluding ortho intramolecular Hbond substituents is 1. The van der Waals surface area contributed by atoms with Gasteiger partial charge in [0, 0.05) is 17.0 Å². The summed E-state index contributed by atoms with van der Waals surface area (Å²) in [6.45, 7) is 0. The quantitative estimate of drug-likeness (QED) is 0.470. The van der Waals surface area contributed by atoms with Gasteiger partial charge in [0.05, 0.1) is 12.5 Å². The summed E-state index contributed by atoms with van der Waals surface area (Å²) in [5.74, 6) is 0.564. The van der Waals surface area contributed by atoms with Crippen molar-refractivity contribution in [1.29, 1.82) is 0 Å². The van der Waals surface area contributed by atoms with Crippen LogP contribution in [0, 0.1) is 0 Å². The van der Waals surface area contributed by atoms with Gasteiger partial charge in [0.2, 0.25) is 5.75 Å². The second-order valence-corrected chi connectivity index (χ2v) is 6.61. The topological polar surface area (TPSA) is 59.7 Å². The van der Waals surface area contributed by atoms with Crippen molar-refractivity contribution in [3.63, 3.8) is 0 Å². The zero-order chi connectivity index (χ0) is 17.8. The number of alkyl halides is 1. The van der Waals surface area contributed by atoms with Crippen molar-refractivity contribution in [2.75, 3.05) is 12.4 Å². The van der Waals surface area contributed by atoms with Crippen molar-refractivity contribution < 1.29 is 14.3 Å². The number of aryl methyl sites for hydroxylation is 1. The molecule has 0 radical (unpaired) electrons. The molecule has 0 saturated carbocycles. The second-order valence-electron chi connectivity index (χ2n) is 5.81. The van der Waals surface area contributed by atoms with Crippen LogP contribution in [0.1, 0.15) is 18.4 Å². The molecule has 0 bridgehead atoms. The molecule has 3 aromatic rings. The Balaban J connectivity index is 2.00. The van der Waals surface area contributed by atoms with Crippen LogP contribution in [0.25, 0.3) is 22.3 Å². The van der Waals surface area contributed by atoms with E-state index in [0.29, 0.717) is 11.1 Å². The van der Waals surface area contributed by atoms with Crippen molar-refractivity contribution in [2.45, 2.75) is 19.3 Å². The molecule has 0 saturated heterocycles. The molecule has 1 aromatic heterocycles. The molecule has 3 rings (SSSR count). The molecule has 0 aliphatic heterocycles. The molecule has 130 valence electrons. The maximum absolute atomic E-state index is 12.4. The van der Waals surface area contributed by atoms with Gasteiger partial charge < -0.3 is 14.3 Å². The first-order valence-corrected chi connectivity index (χ1v) is 9.25. The number of methoxy groups -OCH3 is 1. The maximum Gasteiger partial charge on any atom is 0.204 e. The summed E-state index contributed by atoms with van der Waals surface area (Å²) in [6, 6.07) is 12.4. The zero-order valence-electron chi connectivity index (χ0n) is 13.9. The number of hydrogen-bond acceptors (Lipinski definition) is 4. The highest BCUT2D eigenvalue weighted by atomic mass is 79.9. The highest BCUT2D eigenvalue weighted by Gasteiger charge is 2.14. The van der Waals surface area contributed by atoms with Gasteiger partial charge in [0.25, 0.3) is 0 Å². The third kappa shape index (κ3) is 3.71. The Bertz CT molecular complexity index is 929. The second kappa shape index (κ2) is 7.74. The minimum atomic E-state index is -0.170. The van der Waals surface area contributed by atoms with E-state index in [2.05, 4.69) is 15.9 Å². The molecule has 25 heavy (non-hydrogen) atoms. The molecule has 0 unspecified atom stereocenters. The highest BCUT2D eigenvalue weighted by Crippen LogP contribution is 2.35. The van der Waals surface area contributed by atoms with E-state index in [1.165, 1.54) is 30.9 Å². The average molecular weight is 403 g/mol. The van der Waals surface area contributed by atoms with Gasteiger partial charge in [0.1, 0.15) is 5.76 Å². The van der Waals surface area contributed by atoms with Gasteiger partial charge in [-0.25, -0.2) is 0 Å². The van der Waals surface area contributed by atoms with E-state index in [9.17, 15) is 9.90 Å². The van der Waals surface area contributed by atoms with E-state index in [4.69, 9.17) is 9.15 Å². The maximum atomic E-state index is 12.4. The molecule has 4 nitrogen and oxygen atoms in total. The fourth-order valence-electron chi connectivity index (χ4n) is 2.78. The number of benzene rings is 2. The SMILES string of the molecule is COc1c(O)ccc2c(=O)cc(-c3ccc(CCCCBr)cc3)oc12.